The number of nitrogens with zero attached hydrogens (tertiary/aromatic N) is 6. The van der Waals surface area contributed by atoms with Crippen LogP contribution in [0.1, 0.15) is 31.2 Å². The molecule has 0 unspecified atom stereocenters. The van der Waals surface area contributed by atoms with Crippen molar-refractivity contribution in [2.75, 3.05) is 36.5 Å². The number of phenolic OH excluding ortho intramolecular Hbond substituents is 1. The molecular formula is C30H28ClFN6O5. The molecule has 1 fully saturated rings. The number of hydrogen-bond acceptors (Lipinski definition) is 8. The number of carbonyl (C=O) groups excluding carboxylic acids is 2. The number of aromatic hydroxyl groups is 1. The van der Waals surface area contributed by atoms with Crippen LogP contribution in [-0.2, 0) is 9.59 Å². The number of benzene rings is 1. The summed E-state index contributed by atoms with van der Waals surface area (Å²) in [6, 6.07) is 4.62. The summed E-state index contributed by atoms with van der Waals surface area (Å²) < 4.78 is 22.0. The summed E-state index contributed by atoms with van der Waals surface area (Å²) in [5, 5.41) is 15.1. The Bertz CT molecular complexity index is 1900. The van der Waals surface area contributed by atoms with Crippen LogP contribution < -0.4 is 15.4 Å². The van der Waals surface area contributed by atoms with Crippen molar-refractivity contribution in [3.05, 3.63) is 69.6 Å². The van der Waals surface area contributed by atoms with Gasteiger partial charge in [-0.15, -0.1) is 0 Å². The maximum Gasteiger partial charge on any atom is 0.283 e. The molecular weight excluding hydrogens is 579 g/mol. The van der Waals surface area contributed by atoms with E-state index in [0.717, 1.165) is 0 Å². The number of carbonyl (C=O) groups is 2. The molecule has 13 heteroatoms. The highest BCUT2D eigenvalue weighted by Gasteiger charge is 2.44. The summed E-state index contributed by atoms with van der Waals surface area (Å²) in [6.45, 7) is 9.61. The van der Waals surface area contributed by atoms with Gasteiger partial charge in [-0.1, -0.05) is 43.3 Å². The Balaban J connectivity index is 1.73. The molecule has 43 heavy (non-hydrogen) atoms. The van der Waals surface area contributed by atoms with Gasteiger partial charge in [0, 0.05) is 31.4 Å². The SMILES string of the molecule is C=CC(=O)N1CCN2c3c(c(=O)n(-c4c(C)noc4C(C)C)c4nc(-c5c(O)cccc5F)c(Cl)cc34)N(C)C(=O)[C@H]2C1. The fraction of sp³-hybridized carbons (Fsp3) is 0.300. The second kappa shape index (κ2) is 10.2. The molecule has 1 atom stereocenters. The first kappa shape index (κ1) is 28.4. The number of amides is 2. The van der Waals surface area contributed by atoms with Crippen LogP contribution in [0.4, 0.5) is 15.8 Å². The number of halogens is 2. The molecule has 0 aliphatic carbocycles. The van der Waals surface area contributed by atoms with Gasteiger partial charge >= 0.3 is 0 Å². The van der Waals surface area contributed by atoms with Gasteiger partial charge in [-0.05, 0) is 31.2 Å². The maximum atomic E-state index is 15.1. The number of aryl methyl sites for hydroxylation is 1. The van der Waals surface area contributed by atoms with E-state index in [1.807, 2.05) is 13.8 Å². The number of fused-ring (bicyclic) bond motifs is 5. The van der Waals surface area contributed by atoms with Gasteiger partial charge in [0.25, 0.3) is 11.5 Å². The number of piperazine rings is 1. The molecule has 4 aromatic rings. The molecule has 6 rings (SSSR count). The molecule has 2 amide bonds. The molecule has 1 saturated heterocycles. The number of aromatic nitrogens is 3. The van der Waals surface area contributed by atoms with Crippen molar-refractivity contribution in [1.82, 2.24) is 19.6 Å². The van der Waals surface area contributed by atoms with Crippen LogP contribution in [0, 0.1) is 12.7 Å². The average molecular weight is 607 g/mol. The largest absolute Gasteiger partial charge is 0.507 e. The normalized spacial score (nSPS) is 16.6. The minimum Gasteiger partial charge on any atom is -0.507 e. The summed E-state index contributed by atoms with van der Waals surface area (Å²) in [5.41, 5.74) is 0.474. The highest BCUT2D eigenvalue weighted by Crippen LogP contribution is 2.44. The Kier molecular flexibility index (Phi) is 6.76. The fourth-order valence-corrected chi connectivity index (χ4v) is 6.18. The van der Waals surface area contributed by atoms with E-state index in [0.29, 0.717) is 28.2 Å². The third-order valence-electron chi connectivity index (χ3n) is 7.99. The third-order valence-corrected chi connectivity index (χ3v) is 8.28. The first-order valence-corrected chi connectivity index (χ1v) is 14.0. The van der Waals surface area contributed by atoms with Crippen molar-refractivity contribution < 1.29 is 23.6 Å². The van der Waals surface area contributed by atoms with E-state index in [1.54, 1.807) is 17.9 Å². The number of hydrogen-bond donors (Lipinski definition) is 1. The predicted octanol–water partition coefficient (Wildman–Crippen LogP) is 4.15. The monoisotopic (exact) mass is 606 g/mol. The number of anilines is 2. The van der Waals surface area contributed by atoms with E-state index in [1.165, 1.54) is 45.7 Å². The number of likely N-dealkylation sites (N-methyl/N-ethyl adjacent to an activating group) is 1. The molecule has 1 aromatic carbocycles. The number of phenols is 1. The van der Waals surface area contributed by atoms with Gasteiger partial charge in [0.15, 0.2) is 11.4 Å². The molecule has 0 saturated carbocycles. The van der Waals surface area contributed by atoms with Gasteiger partial charge in [0.1, 0.15) is 34.7 Å². The molecule has 5 heterocycles. The number of rotatable bonds is 4. The minimum absolute atomic E-state index is 0.0167. The first-order valence-electron chi connectivity index (χ1n) is 13.6. The van der Waals surface area contributed by atoms with E-state index >= 15 is 4.39 Å². The van der Waals surface area contributed by atoms with Gasteiger partial charge in [-0.2, -0.15) is 0 Å². The Labute approximate surface area is 250 Å². The zero-order valence-electron chi connectivity index (χ0n) is 23.9. The Hall–Kier alpha value is -4.71. The smallest absolute Gasteiger partial charge is 0.283 e. The van der Waals surface area contributed by atoms with Crippen LogP contribution in [0.2, 0.25) is 5.02 Å². The lowest BCUT2D eigenvalue weighted by molar-refractivity contribution is -0.128. The topological polar surface area (TPSA) is 125 Å². The quantitative estimate of drug-likeness (QED) is 0.344. The molecule has 0 spiro atoms. The summed E-state index contributed by atoms with van der Waals surface area (Å²) >= 11 is 6.76. The van der Waals surface area contributed by atoms with Gasteiger partial charge in [-0.25, -0.2) is 9.37 Å². The highest BCUT2D eigenvalue weighted by atomic mass is 35.5. The average Bonchev–Trinajstić information content (AvgIpc) is 3.36. The van der Waals surface area contributed by atoms with Crippen LogP contribution >= 0.6 is 11.6 Å². The zero-order valence-corrected chi connectivity index (χ0v) is 24.6. The van der Waals surface area contributed by atoms with Crippen LogP contribution in [0.25, 0.3) is 28.0 Å². The molecule has 222 valence electrons. The Morgan fingerprint density at radius 3 is 2.65 bits per heavy atom. The number of pyridine rings is 2. The second-order valence-electron chi connectivity index (χ2n) is 10.9. The molecule has 3 aromatic heterocycles. The van der Waals surface area contributed by atoms with E-state index in [-0.39, 0.29) is 70.7 Å². The standard InChI is InChI=1S/C30H28ClFN6O5/c1-6-21(40)36-10-11-37-19(13-36)29(41)35(5)26-25(37)16-12-17(31)23(22-18(32)8-7-9-20(22)39)33-28(16)38(30(26)42)24-15(4)34-43-27(24)14(2)3/h6-9,12,14,19,39H,1,10-11,13H2,2-5H3/t19-/m1/s1. The van der Waals surface area contributed by atoms with Crippen molar-refractivity contribution >= 4 is 45.8 Å². The molecule has 2 aliphatic rings. The fourth-order valence-electron chi connectivity index (χ4n) is 5.94. The van der Waals surface area contributed by atoms with Crippen molar-refractivity contribution in [2.24, 2.45) is 0 Å². The van der Waals surface area contributed by atoms with Gasteiger partial charge < -0.3 is 24.3 Å². The maximum absolute atomic E-state index is 15.1. The van der Waals surface area contributed by atoms with Crippen molar-refractivity contribution in [2.45, 2.75) is 32.7 Å². The predicted molar refractivity (Wildman–Crippen MR) is 160 cm³/mol. The van der Waals surface area contributed by atoms with E-state index in [4.69, 9.17) is 21.1 Å². The lowest BCUT2D eigenvalue weighted by Gasteiger charge is -2.47. The minimum atomic E-state index is -0.786. The molecule has 1 N–H and O–H groups in total. The lowest BCUT2D eigenvalue weighted by Crippen LogP contribution is -2.63. The van der Waals surface area contributed by atoms with Crippen LogP contribution in [-0.4, -0.2) is 69.3 Å². The van der Waals surface area contributed by atoms with E-state index in [2.05, 4.69) is 11.7 Å². The summed E-state index contributed by atoms with van der Waals surface area (Å²) in [6.07, 6.45) is 1.20. The molecule has 2 aliphatic heterocycles. The van der Waals surface area contributed by atoms with Gasteiger partial charge in [-0.3, -0.25) is 19.0 Å². The van der Waals surface area contributed by atoms with Crippen molar-refractivity contribution in [3.8, 4) is 22.7 Å². The second-order valence-corrected chi connectivity index (χ2v) is 11.3. The zero-order chi connectivity index (χ0) is 30.9. The summed E-state index contributed by atoms with van der Waals surface area (Å²) in [4.78, 5) is 50.1. The molecule has 0 radical (unpaired) electrons. The van der Waals surface area contributed by atoms with Crippen LogP contribution in [0.5, 0.6) is 5.75 Å². The Morgan fingerprint density at radius 1 is 1.23 bits per heavy atom. The van der Waals surface area contributed by atoms with E-state index in [9.17, 15) is 19.5 Å². The van der Waals surface area contributed by atoms with Crippen LogP contribution in [0.15, 0.2) is 46.2 Å². The Morgan fingerprint density at radius 2 is 1.98 bits per heavy atom. The molecule has 11 nitrogen and oxygen atoms in total. The summed E-state index contributed by atoms with van der Waals surface area (Å²) in [7, 11) is 1.51. The third kappa shape index (κ3) is 4.19. The van der Waals surface area contributed by atoms with E-state index < -0.39 is 17.4 Å². The molecule has 0 bridgehead atoms. The van der Waals surface area contributed by atoms with Gasteiger partial charge in [0.05, 0.1) is 28.5 Å². The first-order chi connectivity index (χ1) is 20.5. The van der Waals surface area contributed by atoms with Crippen molar-refractivity contribution in [3.63, 3.8) is 0 Å². The lowest BCUT2D eigenvalue weighted by atomic mass is 10.0. The van der Waals surface area contributed by atoms with Crippen molar-refractivity contribution in [1.29, 1.82) is 0 Å². The van der Waals surface area contributed by atoms with Crippen LogP contribution in [0.3, 0.4) is 0 Å². The highest BCUT2D eigenvalue weighted by molar-refractivity contribution is 6.34. The summed E-state index contributed by atoms with van der Waals surface area (Å²) in [5.74, 6) is -1.57. The van der Waals surface area contributed by atoms with Gasteiger partial charge in [0.2, 0.25) is 5.91 Å².